The first-order valence-electron chi connectivity index (χ1n) is 4.66. The highest BCUT2D eigenvalue weighted by Crippen LogP contribution is 1.98. The molecule has 84 valence electrons. The molecule has 0 rings (SSSR count). The maximum atomic E-state index is 3.66. The molecule has 0 heterocycles. The standard InChI is InChI=1S/C6H10.C5H8.C4H6/c1-5(2)6(3)4;1-4-5(2)3;1-3-4-2/h1,3H2,2,4H3;4H,1-2H2,3H3;3-4H,1-2H2. The van der Waals surface area contributed by atoms with Gasteiger partial charge < -0.3 is 0 Å². The number of allylic oxidation sites excluding steroid dienone is 6. The quantitative estimate of drug-likeness (QED) is 0.551. The summed E-state index contributed by atoms with van der Waals surface area (Å²) in [6, 6.07) is 0. The molecule has 0 heteroatoms. The maximum absolute atomic E-state index is 3.66. The second-order valence-corrected chi connectivity index (χ2v) is 3.08. The predicted octanol–water partition coefficient (Wildman–Crippen LogP) is 5.25. The van der Waals surface area contributed by atoms with E-state index in [1.807, 2.05) is 20.8 Å². The lowest BCUT2D eigenvalue weighted by atomic mass is 10.2. The molecule has 0 spiro atoms. The van der Waals surface area contributed by atoms with Gasteiger partial charge in [-0.2, -0.15) is 0 Å². The van der Waals surface area contributed by atoms with Crippen molar-refractivity contribution < 1.29 is 0 Å². The first kappa shape index (κ1) is 19.1. The highest BCUT2D eigenvalue weighted by molar-refractivity contribution is 5.19. The highest BCUT2D eigenvalue weighted by atomic mass is 13.8. The van der Waals surface area contributed by atoms with Crippen LogP contribution in [0.2, 0.25) is 0 Å². The minimum Gasteiger partial charge on any atom is -0.0991 e. The molecule has 0 aromatic carbocycles. The van der Waals surface area contributed by atoms with Gasteiger partial charge in [0, 0.05) is 0 Å². The molecule has 0 fully saturated rings. The van der Waals surface area contributed by atoms with E-state index in [0.29, 0.717) is 0 Å². The van der Waals surface area contributed by atoms with Crippen LogP contribution in [0.1, 0.15) is 20.8 Å². The maximum Gasteiger partial charge on any atom is -0.0401 e. The van der Waals surface area contributed by atoms with E-state index in [1.54, 1.807) is 18.2 Å². The topological polar surface area (TPSA) is 0 Å². The molecule has 0 atom stereocenters. The Kier molecular flexibility index (Phi) is 19.0. The summed E-state index contributed by atoms with van der Waals surface area (Å²) in [5, 5.41) is 0. The second-order valence-electron chi connectivity index (χ2n) is 3.08. The fourth-order valence-electron chi connectivity index (χ4n) is 0. The van der Waals surface area contributed by atoms with Crippen molar-refractivity contribution in [3.05, 3.63) is 74.4 Å². The Hall–Kier alpha value is -1.56. The van der Waals surface area contributed by atoms with Crippen LogP contribution in [0.3, 0.4) is 0 Å². The van der Waals surface area contributed by atoms with Crippen LogP contribution in [-0.4, -0.2) is 0 Å². The van der Waals surface area contributed by atoms with Crippen molar-refractivity contribution in [2.75, 3.05) is 0 Å². The second kappa shape index (κ2) is 14.9. The summed E-state index contributed by atoms with van der Waals surface area (Å²) in [6.07, 6.45) is 5.00. The van der Waals surface area contributed by atoms with Gasteiger partial charge in [0.2, 0.25) is 0 Å². The number of hydrogen-bond donors (Lipinski definition) is 0. The largest absolute Gasteiger partial charge is 0.0991 e. The van der Waals surface area contributed by atoms with Gasteiger partial charge in [-0.1, -0.05) is 74.4 Å². The zero-order valence-electron chi connectivity index (χ0n) is 10.5. The summed E-state index contributed by atoms with van der Waals surface area (Å²) in [4.78, 5) is 0. The van der Waals surface area contributed by atoms with Gasteiger partial charge in [0.1, 0.15) is 0 Å². The zero-order chi connectivity index (χ0) is 12.9. The molecular formula is C15H24. The van der Waals surface area contributed by atoms with Gasteiger partial charge in [-0.3, -0.25) is 0 Å². The molecule has 0 radical (unpaired) electrons. The molecular weight excluding hydrogens is 180 g/mol. The molecule has 0 aromatic rings. The lowest BCUT2D eigenvalue weighted by Gasteiger charge is -1.88. The Morgan fingerprint density at radius 3 is 0.933 bits per heavy atom. The summed E-state index contributed by atoms with van der Waals surface area (Å²) >= 11 is 0. The van der Waals surface area contributed by atoms with Crippen LogP contribution in [0.5, 0.6) is 0 Å². The van der Waals surface area contributed by atoms with Crippen LogP contribution in [-0.2, 0) is 0 Å². The highest BCUT2D eigenvalue weighted by Gasteiger charge is 1.77. The van der Waals surface area contributed by atoms with Gasteiger partial charge in [0.25, 0.3) is 0 Å². The molecule has 0 N–H and O–H groups in total. The van der Waals surface area contributed by atoms with Crippen molar-refractivity contribution in [3.63, 3.8) is 0 Å². The molecule has 0 bridgehead atoms. The molecule has 0 aliphatic carbocycles. The summed E-state index contributed by atoms with van der Waals surface area (Å²) in [5.74, 6) is 0. The van der Waals surface area contributed by atoms with Gasteiger partial charge in [-0.15, -0.1) is 0 Å². The monoisotopic (exact) mass is 204 g/mol. The molecule has 0 aliphatic rings. The van der Waals surface area contributed by atoms with E-state index in [9.17, 15) is 0 Å². The van der Waals surface area contributed by atoms with Crippen LogP contribution < -0.4 is 0 Å². The lowest BCUT2D eigenvalue weighted by molar-refractivity contribution is 1.39. The summed E-state index contributed by atoms with van der Waals surface area (Å²) in [5.41, 5.74) is 3.15. The van der Waals surface area contributed by atoms with Crippen LogP contribution in [0, 0.1) is 0 Å². The SMILES string of the molecule is C=C(C)C(=C)C.C=CC(=C)C.C=CC=C. The van der Waals surface area contributed by atoms with Crippen molar-refractivity contribution in [2.45, 2.75) is 20.8 Å². The Labute approximate surface area is 95.7 Å². The molecule has 15 heavy (non-hydrogen) atoms. The fourth-order valence-corrected chi connectivity index (χ4v) is 0. The van der Waals surface area contributed by atoms with E-state index in [4.69, 9.17) is 0 Å². The first-order valence-corrected chi connectivity index (χ1v) is 4.66. The van der Waals surface area contributed by atoms with Crippen molar-refractivity contribution in [1.82, 2.24) is 0 Å². The van der Waals surface area contributed by atoms with E-state index in [2.05, 4.69) is 39.5 Å². The molecule has 0 aliphatic heterocycles. The molecule has 0 amide bonds. The number of rotatable bonds is 3. The van der Waals surface area contributed by atoms with Crippen LogP contribution in [0.4, 0.5) is 0 Å². The summed E-state index contributed by atoms with van der Waals surface area (Å²) in [6.45, 7) is 26.9. The third-order valence-electron chi connectivity index (χ3n) is 1.24. The van der Waals surface area contributed by atoms with Gasteiger partial charge in [-0.05, 0) is 20.8 Å². The Morgan fingerprint density at radius 1 is 0.733 bits per heavy atom. The Morgan fingerprint density at radius 2 is 0.933 bits per heavy atom. The van der Waals surface area contributed by atoms with Gasteiger partial charge in [0.05, 0.1) is 0 Å². The van der Waals surface area contributed by atoms with Crippen molar-refractivity contribution >= 4 is 0 Å². The average molecular weight is 204 g/mol. The zero-order valence-corrected chi connectivity index (χ0v) is 10.5. The third kappa shape index (κ3) is 45.8. The smallest absolute Gasteiger partial charge is 0.0401 e. The molecule has 0 unspecified atom stereocenters. The van der Waals surface area contributed by atoms with Crippen LogP contribution in [0.25, 0.3) is 0 Å². The number of hydrogen-bond acceptors (Lipinski definition) is 0. The van der Waals surface area contributed by atoms with E-state index >= 15 is 0 Å². The summed E-state index contributed by atoms with van der Waals surface area (Å²) < 4.78 is 0. The van der Waals surface area contributed by atoms with Gasteiger partial charge >= 0.3 is 0 Å². The molecule has 0 aromatic heterocycles. The molecule has 0 saturated heterocycles. The van der Waals surface area contributed by atoms with Crippen molar-refractivity contribution in [1.29, 1.82) is 0 Å². The van der Waals surface area contributed by atoms with E-state index in [1.165, 1.54) is 0 Å². The van der Waals surface area contributed by atoms with Gasteiger partial charge in [0.15, 0.2) is 0 Å². The predicted molar refractivity (Wildman–Crippen MR) is 75.0 cm³/mol. The van der Waals surface area contributed by atoms with E-state index in [-0.39, 0.29) is 0 Å². The van der Waals surface area contributed by atoms with Crippen molar-refractivity contribution in [3.8, 4) is 0 Å². The normalized spacial score (nSPS) is 6.60. The van der Waals surface area contributed by atoms with Crippen LogP contribution >= 0.6 is 0 Å². The minimum atomic E-state index is 1.02. The van der Waals surface area contributed by atoms with Crippen molar-refractivity contribution in [2.24, 2.45) is 0 Å². The van der Waals surface area contributed by atoms with Crippen LogP contribution in [0.15, 0.2) is 74.4 Å². The summed E-state index contributed by atoms with van der Waals surface area (Å²) in [7, 11) is 0. The molecule has 0 nitrogen and oxygen atoms in total. The Bertz CT molecular complexity index is 221. The average Bonchev–Trinajstić information content (AvgIpc) is 2.19. The fraction of sp³-hybridized carbons (Fsp3) is 0.200. The Balaban J connectivity index is -0.000000147. The van der Waals surface area contributed by atoms with E-state index < -0.39 is 0 Å². The third-order valence-corrected chi connectivity index (χ3v) is 1.24. The molecule has 0 saturated carbocycles. The first-order chi connectivity index (χ1) is 6.83. The minimum absolute atomic E-state index is 1.02. The van der Waals surface area contributed by atoms with E-state index in [0.717, 1.165) is 16.7 Å². The van der Waals surface area contributed by atoms with Gasteiger partial charge in [-0.25, -0.2) is 0 Å². The lowest BCUT2D eigenvalue weighted by Crippen LogP contribution is -1.67.